The SMILES string of the molecule is CCCCN(CCCC)C(=O)NCc1ccccc1Br. The van der Waals surface area contributed by atoms with Crippen molar-refractivity contribution in [1.82, 2.24) is 10.2 Å². The molecular weight excluding hydrogens is 316 g/mol. The van der Waals surface area contributed by atoms with Crippen LogP contribution < -0.4 is 5.32 Å². The topological polar surface area (TPSA) is 32.3 Å². The number of hydrogen-bond acceptors (Lipinski definition) is 1. The van der Waals surface area contributed by atoms with Crippen LogP contribution in [0.25, 0.3) is 0 Å². The second-order valence-corrected chi connectivity index (χ2v) is 5.80. The Balaban J connectivity index is 2.50. The number of urea groups is 1. The van der Waals surface area contributed by atoms with Crippen molar-refractivity contribution in [1.29, 1.82) is 0 Å². The molecule has 0 bridgehead atoms. The number of benzene rings is 1. The minimum atomic E-state index is 0.0441. The fourth-order valence-electron chi connectivity index (χ4n) is 1.94. The van der Waals surface area contributed by atoms with E-state index in [0.29, 0.717) is 6.54 Å². The monoisotopic (exact) mass is 340 g/mol. The van der Waals surface area contributed by atoms with Crippen LogP contribution in [0.4, 0.5) is 4.79 Å². The number of amides is 2. The second kappa shape index (κ2) is 9.81. The van der Waals surface area contributed by atoms with E-state index in [1.807, 2.05) is 29.2 Å². The zero-order valence-corrected chi connectivity index (χ0v) is 14.1. The first kappa shape index (κ1) is 17.0. The number of carbonyl (C=O) groups is 1. The molecule has 0 saturated carbocycles. The van der Waals surface area contributed by atoms with E-state index in [2.05, 4.69) is 35.1 Å². The molecule has 1 N–H and O–H groups in total. The van der Waals surface area contributed by atoms with E-state index in [4.69, 9.17) is 0 Å². The molecule has 1 aromatic rings. The zero-order chi connectivity index (χ0) is 14.8. The number of hydrogen-bond donors (Lipinski definition) is 1. The van der Waals surface area contributed by atoms with E-state index in [-0.39, 0.29) is 6.03 Å². The predicted octanol–water partition coefficient (Wildman–Crippen LogP) is 4.56. The van der Waals surface area contributed by atoms with Gasteiger partial charge >= 0.3 is 6.03 Å². The van der Waals surface area contributed by atoms with E-state index in [9.17, 15) is 4.79 Å². The molecule has 0 aliphatic heterocycles. The highest BCUT2D eigenvalue weighted by Crippen LogP contribution is 2.15. The molecule has 0 aliphatic rings. The van der Waals surface area contributed by atoms with Gasteiger partial charge in [0.15, 0.2) is 0 Å². The van der Waals surface area contributed by atoms with Crippen LogP contribution in [0.1, 0.15) is 45.1 Å². The minimum absolute atomic E-state index is 0.0441. The third-order valence-electron chi connectivity index (χ3n) is 3.24. The summed E-state index contributed by atoms with van der Waals surface area (Å²) in [6.07, 6.45) is 4.35. The maximum atomic E-state index is 12.2. The molecule has 0 fully saturated rings. The summed E-state index contributed by atoms with van der Waals surface area (Å²) in [5.74, 6) is 0. The lowest BCUT2D eigenvalue weighted by Crippen LogP contribution is -2.40. The number of nitrogens with one attached hydrogen (secondary N) is 1. The first-order valence-electron chi connectivity index (χ1n) is 7.45. The van der Waals surface area contributed by atoms with Crippen molar-refractivity contribution in [2.45, 2.75) is 46.1 Å². The molecule has 1 rings (SSSR count). The molecule has 20 heavy (non-hydrogen) atoms. The van der Waals surface area contributed by atoms with E-state index in [1.54, 1.807) is 0 Å². The number of carbonyl (C=O) groups excluding carboxylic acids is 1. The Labute approximate surface area is 130 Å². The Bertz CT molecular complexity index is 401. The van der Waals surface area contributed by atoms with Crippen molar-refractivity contribution in [3.63, 3.8) is 0 Å². The van der Waals surface area contributed by atoms with E-state index in [0.717, 1.165) is 48.8 Å². The highest BCUT2D eigenvalue weighted by molar-refractivity contribution is 9.10. The molecule has 0 spiro atoms. The number of halogens is 1. The smallest absolute Gasteiger partial charge is 0.317 e. The van der Waals surface area contributed by atoms with Gasteiger partial charge in [-0.3, -0.25) is 0 Å². The molecule has 2 amide bonds. The molecule has 0 heterocycles. The lowest BCUT2D eigenvalue weighted by molar-refractivity contribution is 0.195. The van der Waals surface area contributed by atoms with Gasteiger partial charge in [-0.15, -0.1) is 0 Å². The quantitative estimate of drug-likeness (QED) is 0.739. The van der Waals surface area contributed by atoms with Crippen LogP contribution in [0.2, 0.25) is 0 Å². The molecule has 0 unspecified atom stereocenters. The van der Waals surface area contributed by atoms with Crippen LogP contribution in [0.3, 0.4) is 0 Å². The Morgan fingerprint density at radius 2 is 1.75 bits per heavy atom. The summed E-state index contributed by atoms with van der Waals surface area (Å²) in [7, 11) is 0. The molecule has 1 aromatic carbocycles. The summed E-state index contributed by atoms with van der Waals surface area (Å²) in [5, 5.41) is 3.01. The van der Waals surface area contributed by atoms with Gasteiger partial charge in [0, 0.05) is 24.1 Å². The maximum absolute atomic E-state index is 12.2. The van der Waals surface area contributed by atoms with Gasteiger partial charge in [0.05, 0.1) is 0 Å². The Morgan fingerprint density at radius 1 is 1.15 bits per heavy atom. The van der Waals surface area contributed by atoms with Crippen LogP contribution in [0, 0.1) is 0 Å². The van der Waals surface area contributed by atoms with E-state index in [1.165, 1.54) is 0 Å². The normalized spacial score (nSPS) is 10.3. The average molecular weight is 341 g/mol. The lowest BCUT2D eigenvalue weighted by atomic mass is 10.2. The third-order valence-corrected chi connectivity index (χ3v) is 4.01. The maximum Gasteiger partial charge on any atom is 0.317 e. The van der Waals surface area contributed by atoms with Crippen molar-refractivity contribution in [3.05, 3.63) is 34.3 Å². The molecule has 0 radical (unpaired) electrons. The molecule has 0 atom stereocenters. The number of rotatable bonds is 8. The van der Waals surface area contributed by atoms with Crippen LogP contribution in [-0.2, 0) is 6.54 Å². The number of unbranched alkanes of at least 4 members (excludes halogenated alkanes) is 2. The molecular formula is C16H25BrN2O. The fourth-order valence-corrected chi connectivity index (χ4v) is 2.36. The first-order valence-corrected chi connectivity index (χ1v) is 8.24. The van der Waals surface area contributed by atoms with Crippen LogP contribution in [-0.4, -0.2) is 24.0 Å². The summed E-state index contributed by atoms with van der Waals surface area (Å²) in [6.45, 7) is 6.56. The summed E-state index contributed by atoms with van der Waals surface area (Å²) in [4.78, 5) is 14.2. The second-order valence-electron chi connectivity index (χ2n) is 4.94. The summed E-state index contributed by atoms with van der Waals surface area (Å²) < 4.78 is 1.04. The van der Waals surface area contributed by atoms with Gasteiger partial charge in [-0.05, 0) is 24.5 Å². The zero-order valence-electron chi connectivity index (χ0n) is 12.5. The Morgan fingerprint density at radius 3 is 2.30 bits per heavy atom. The third kappa shape index (κ3) is 5.95. The van der Waals surface area contributed by atoms with Crippen LogP contribution in [0.5, 0.6) is 0 Å². The average Bonchev–Trinajstić information content (AvgIpc) is 2.46. The highest BCUT2D eigenvalue weighted by Gasteiger charge is 2.12. The van der Waals surface area contributed by atoms with Crippen LogP contribution in [0.15, 0.2) is 28.7 Å². The minimum Gasteiger partial charge on any atom is -0.334 e. The summed E-state index contributed by atoms with van der Waals surface area (Å²) in [6, 6.07) is 8.02. The van der Waals surface area contributed by atoms with Crippen molar-refractivity contribution in [2.24, 2.45) is 0 Å². The van der Waals surface area contributed by atoms with Crippen molar-refractivity contribution >= 4 is 22.0 Å². The summed E-state index contributed by atoms with van der Waals surface area (Å²) >= 11 is 3.50. The van der Waals surface area contributed by atoms with Gasteiger partial charge in [-0.1, -0.05) is 60.8 Å². The van der Waals surface area contributed by atoms with Gasteiger partial charge in [-0.2, -0.15) is 0 Å². The first-order chi connectivity index (χ1) is 9.69. The lowest BCUT2D eigenvalue weighted by Gasteiger charge is -2.23. The van der Waals surface area contributed by atoms with E-state index < -0.39 is 0 Å². The van der Waals surface area contributed by atoms with Crippen LogP contribution >= 0.6 is 15.9 Å². The predicted molar refractivity (Wildman–Crippen MR) is 87.8 cm³/mol. The largest absolute Gasteiger partial charge is 0.334 e. The Hall–Kier alpha value is -1.03. The van der Waals surface area contributed by atoms with Gasteiger partial charge in [0.1, 0.15) is 0 Å². The molecule has 4 heteroatoms. The van der Waals surface area contributed by atoms with Gasteiger partial charge in [-0.25, -0.2) is 4.79 Å². The van der Waals surface area contributed by atoms with Gasteiger partial charge in [0.2, 0.25) is 0 Å². The van der Waals surface area contributed by atoms with Gasteiger partial charge < -0.3 is 10.2 Å². The van der Waals surface area contributed by atoms with Gasteiger partial charge in [0.25, 0.3) is 0 Å². The van der Waals surface area contributed by atoms with Crippen molar-refractivity contribution < 1.29 is 4.79 Å². The molecule has 3 nitrogen and oxygen atoms in total. The highest BCUT2D eigenvalue weighted by atomic mass is 79.9. The van der Waals surface area contributed by atoms with Crippen molar-refractivity contribution in [3.8, 4) is 0 Å². The van der Waals surface area contributed by atoms with Crippen molar-refractivity contribution in [2.75, 3.05) is 13.1 Å². The standard InChI is InChI=1S/C16H25BrN2O/c1-3-5-11-19(12-6-4-2)16(20)18-13-14-9-7-8-10-15(14)17/h7-10H,3-6,11-13H2,1-2H3,(H,18,20). The molecule has 112 valence electrons. The van der Waals surface area contributed by atoms with E-state index >= 15 is 0 Å². The number of nitrogens with zero attached hydrogens (tertiary/aromatic N) is 1. The summed E-state index contributed by atoms with van der Waals surface area (Å²) in [5.41, 5.74) is 1.10. The fraction of sp³-hybridized carbons (Fsp3) is 0.562. The molecule has 0 saturated heterocycles. The molecule has 0 aliphatic carbocycles. The Kier molecular flexibility index (Phi) is 8.35. The molecule has 0 aromatic heterocycles.